The second-order valence-corrected chi connectivity index (χ2v) is 14.3. The van der Waals surface area contributed by atoms with Gasteiger partial charge in [-0.25, -0.2) is 9.78 Å². The number of nitrogens with zero attached hydrogens (tertiary/aromatic N) is 3. The van der Waals surface area contributed by atoms with Crippen LogP contribution in [0.1, 0.15) is 65.7 Å². The van der Waals surface area contributed by atoms with Gasteiger partial charge >= 0.3 is 5.97 Å². The number of para-hydroxylation sites is 1. The van der Waals surface area contributed by atoms with Crippen LogP contribution in [0.5, 0.6) is 0 Å². The fourth-order valence-corrected chi connectivity index (χ4v) is 8.17. The number of rotatable bonds is 8. The molecule has 2 saturated heterocycles. The molecule has 3 aliphatic rings. The summed E-state index contributed by atoms with van der Waals surface area (Å²) < 4.78 is 16.1. The second-order valence-electron chi connectivity index (χ2n) is 13.3. The molecule has 1 atom stereocenters. The first kappa shape index (κ1) is 33.6. The van der Waals surface area contributed by atoms with Crippen molar-refractivity contribution >= 4 is 58.0 Å². The van der Waals surface area contributed by atoms with Crippen molar-refractivity contribution in [1.29, 1.82) is 0 Å². The van der Waals surface area contributed by atoms with Gasteiger partial charge in [-0.3, -0.25) is 9.59 Å². The normalized spacial score (nSPS) is 18.1. The first-order valence-electron chi connectivity index (χ1n) is 16.8. The number of pyridine rings is 1. The standard InChI is InChI=1S/C39H40N4O6S/c1-25-18-31(35(40-21-25)42-23-39(24-42)15-17-49-30(20-39)22-47-2)36(44)41-29-10-8-26(9-11-29)37(45)43-16-14-28(19-27-6-4-5-7-32(27)43)33-12-13-34(50-33)38(46)48-3/h4-13,18-19,21,30H,14-17,20,22-24H2,1-3H3,(H,41,44). The highest BCUT2D eigenvalue weighted by Gasteiger charge is 2.47. The maximum Gasteiger partial charge on any atom is 0.348 e. The third kappa shape index (κ3) is 6.81. The fourth-order valence-electron chi connectivity index (χ4n) is 7.20. The summed E-state index contributed by atoms with van der Waals surface area (Å²) in [4.78, 5) is 49.8. The number of benzene rings is 2. The first-order valence-corrected chi connectivity index (χ1v) is 17.6. The Morgan fingerprint density at radius 3 is 2.64 bits per heavy atom. The number of hydrogen-bond acceptors (Lipinski definition) is 9. The average Bonchev–Trinajstić information content (AvgIpc) is 3.53. The quantitative estimate of drug-likeness (QED) is 0.203. The molecule has 2 fully saturated rings. The molecule has 1 N–H and O–H groups in total. The van der Waals surface area contributed by atoms with E-state index in [1.165, 1.54) is 18.4 Å². The Kier molecular flexibility index (Phi) is 9.54. The van der Waals surface area contributed by atoms with E-state index in [0.29, 0.717) is 53.7 Å². The first-order chi connectivity index (χ1) is 24.3. The van der Waals surface area contributed by atoms with Crippen LogP contribution in [0, 0.1) is 12.3 Å². The van der Waals surface area contributed by atoms with Gasteiger partial charge in [0, 0.05) is 61.1 Å². The highest BCUT2D eigenvalue weighted by Crippen LogP contribution is 2.44. The van der Waals surface area contributed by atoms with Gasteiger partial charge in [-0.05, 0) is 97.5 Å². The lowest BCUT2D eigenvalue weighted by molar-refractivity contribution is -0.0856. The van der Waals surface area contributed by atoms with Crippen molar-refractivity contribution in [3.8, 4) is 0 Å². The molecule has 2 amide bonds. The van der Waals surface area contributed by atoms with Gasteiger partial charge in [-0.2, -0.15) is 0 Å². The Morgan fingerprint density at radius 1 is 1.06 bits per heavy atom. The van der Waals surface area contributed by atoms with Crippen LogP contribution in [0.3, 0.4) is 0 Å². The van der Waals surface area contributed by atoms with E-state index in [-0.39, 0.29) is 29.3 Å². The monoisotopic (exact) mass is 692 g/mol. The summed E-state index contributed by atoms with van der Waals surface area (Å²) in [6, 6.07) is 20.4. The van der Waals surface area contributed by atoms with Gasteiger partial charge in [0.2, 0.25) is 0 Å². The van der Waals surface area contributed by atoms with Crippen LogP contribution in [0.4, 0.5) is 17.2 Å². The number of aryl methyl sites for hydroxylation is 1. The minimum atomic E-state index is -0.361. The SMILES string of the molecule is COCC1CC2(CCO1)CN(c1ncc(C)cc1C(=O)Nc1ccc(C(=O)N3CCC(c4ccc(C(=O)OC)s4)=Cc4ccccc43)cc1)C2. The fraction of sp³-hybridized carbons (Fsp3) is 0.333. The van der Waals surface area contributed by atoms with E-state index in [1.54, 1.807) is 48.5 Å². The second kappa shape index (κ2) is 14.2. The number of methoxy groups -OCH3 is 2. The summed E-state index contributed by atoms with van der Waals surface area (Å²) in [5.74, 6) is -0.0644. The predicted octanol–water partition coefficient (Wildman–Crippen LogP) is 6.71. The number of aromatic nitrogens is 1. The number of esters is 1. The Bertz CT molecular complexity index is 1950. The molecule has 1 spiro atoms. The largest absolute Gasteiger partial charge is 0.465 e. The molecule has 2 aromatic carbocycles. The van der Waals surface area contributed by atoms with E-state index in [1.807, 2.05) is 43.3 Å². The summed E-state index contributed by atoms with van der Waals surface area (Å²) >= 11 is 1.38. The lowest BCUT2D eigenvalue weighted by atomic mass is 9.71. The van der Waals surface area contributed by atoms with Gasteiger partial charge in [0.1, 0.15) is 10.7 Å². The molecule has 50 heavy (non-hydrogen) atoms. The summed E-state index contributed by atoms with van der Waals surface area (Å²) in [6.07, 6.45) is 6.51. The number of carbonyl (C=O) groups is 3. The molecule has 258 valence electrons. The molecule has 0 bridgehead atoms. The van der Waals surface area contributed by atoms with Gasteiger partial charge in [-0.15, -0.1) is 11.3 Å². The Labute approximate surface area is 295 Å². The number of anilines is 3. The molecule has 0 radical (unpaired) electrons. The maximum atomic E-state index is 14.0. The van der Waals surface area contributed by atoms with Crippen LogP contribution in [-0.4, -0.2) is 75.9 Å². The molecule has 1 unspecified atom stereocenters. The van der Waals surface area contributed by atoms with E-state index < -0.39 is 0 Å². The summed E-state index contributed by atoms with van der Waals surface area (Å²) in [6.45, 7) is 5.34. The van der Waals surface area contributed by atoms with Crippen molar-refractivity contribution in [2.45, 2.75) is 32.3 Å². The Hall–Kier alpha value is -4.84. The molecule has 5 heterocycles. The molecule has 10 nitrogen and oxygen atoms in total. The number of carbonyl (C=O) groups excluding carboxylic acids is 3. The van der Waals surface area contributed by atoms with Gasteiger partial charge in [-0.1, -0.05) is 18.2 Å². The number of nitrogens with one attached hydrogen (secondary N) is 1. The lowest BCUT2D eigenvalue weighted by Gasteiger charge is -2.54. The van der Waals surface area contributed by atoms with Crippen molar-refractivity contribution in [3.05, 3.63) is 105 Å². The van der Waals surface area contributed by atoms with Crippen molar-refractivity contribution in [2.24, 2.45) is 5.41 Å². The number of hydrogen-bond donors (Lipinski definition) is 1. The highest BCUT2D eigenvalue weighted by atomic mass is 32.1. The molecule has 0 aliphatic carbocycles. The predicted molar refractivity (Wildman–Crippen MR) is 195 cm³/mol. The molecule has 4 aromatic rings. The molecule has 2 aromatic heterocycles. The average molecular weight is 693 g/mol. The molecule has 7 rings (SSSR count). The lowest BCUT2D eigenvalue weighted by Crippen LogP contribution is -2.60. The van der Waals surface area contributed by atoms with Crippen LogP contribution in [-0.2, 0) is 14.2 Å². The topological polar surface area (TPSA) is 110 Å². The number of fused-ring (bicyclic) bond motifs is 1. The van der Waals surface area contributed by atoms with Crippen molar-refractivity contribution in [2.75, 3.05) is 62.2 Å². The van der Waals surface area contributed by atoms with Crippen LogP contribution < -0.4 is 15.1 Å². The Balaban J connectivity index is 1.04. The molecular formula is C39H40N4O6S. The molecule has 3 aliphatic heterocycles. The third-order valence-corrected chi connectivity index (χ3v) is 10.8. The molecular weight excluding hydrogens is 653 g/mol. The highest BCUT2D eigenvalue weighted by molar-refractivity contribution is 7.15. The van der Waals surface area contributed by atoms with Gasteiger partial charge < -0.3 is 29.3 Å². The zero-order valence-corrected chi connectivity index (χ0v) is 29.3. The molecule has 11 heteroatoms. The Morgan fingerprint density at radius 2 is 1.86 bits per heavy atom. The summed E-state index contributed by atoms with van der Waals surface area (Å²) in [7, 11) is 3.07. The maximum absolute atomic E-state index is 14.0. The van der Waals surface area contributed by atoms with Crippen molar-refractivity contribution in [3.63, 3.8) is 0 Å². The van der Waals surface area contributed by atoms with Crippen LogP contribution in [0.2, 0.25) is 0 Å². The van der Waals surface area contributed by atoms with Crippen LogP contribution in [0.15, 0.2) is 72.9 Å². The van der Waals surface area contributed by atoms with Crippen molar-refractivity contribution < 1.29 is 28.6 Å². The summed E-state index contributed by atoms with van der Waals surface area (Å²) in [5, 5.41) is 3.03. The van der Waals surface area contributed by atoms with Gasteiger partial charge in [0.15, 0.2) is 0 Å². The van der Waals surface area contributed by atoms with E-state index in [9.17, 15) is 14.4 Å². The zero-order chi connectivity index (χ0) is 34.8. The zero-order valence-electron chi connectivity index (χ0n) is 28.4. The number of thiophene rings is 1. The van der Waals surface area contributed by atoms with Crippen LogP contribution >= 0.6 is 11.3 Å². The number of ether oxygens (including phenoxy) is 3. The van der Waals surface area contributed by atoms with E-state index in [2.05, 4.69) is 21.3 Å². The van der Waals surface area contributed by atoms with E-state index in [4.69, 9.17) is 14.2 Å². The molecule has 0 saturated carbocycles. The minimum absolute atomic E-state index is 0.0943. The van der Waals surface area contributed by atoms with E-state index >= 15 is 0 Å². The smallest absolute Gasteiger partial charge is 0.348 e. The van der Waals surface area contributed by atoms with E-state index in [0.717, 1.165) is 53.2 Å². The number of amides is 2. The van der Waals surface area contributed by atoms with Gasteiger partial charge in [0.25, 0.3) is 11.8 Å². The minimum Gasteiger partial charge on any atom is -0.465 e. The van der Waals surface area contributed by atoms with Crippen LogP contribution in [0.25, 0.3) is 11.6 Å². The summed E-state index contributed by atoms with van der Waals surface area (Å²) in [5.41, 5.74) is 5.46. The van der Waals surface area contributed by atoms with Crippen molar-refractivity contribution in [1.82, 2.24) is 4.98 Å². The third-order valence-electron chi connectivity index (χ3n) is 9.71. The van der Waals surface area contributed by atoms with Gasteiger partial charge in [0.05, 0.1) is 31.1 Å².